The third-order valence-corrected chi connectivity index (χ3v) is 4.11. The van der Waals surface area contributed by atoms with Crippen molar-refractivity contribution in [2.75, 3.05) is 5.32 Å². The number of fused-ring (bicyclic) bond motifs is 2. The molecular formula is C16H14F3N7. The predicted octanol–water partition coefficient (Wildman–Crippen LogP) is 3.11. The Balaban J connectivity index is 1.71. The Morgan fingerprint density at radius 2 is 1.88 bits per heavy atom. The molecule has 0 fully saturated rings. The fourth-order valence-electron chi connectivity index (χ4n) is 2.61. The van der Waals surface area contributed by atoms with E-state index in [0.29, 0.717) is 11.3 Å². The van der Waals surface area contributed by atoms with E-state index in [4.69, 9.17) is 0 Å². The summed E-state index contributed by atoms with van der Waals surface area (Å²) in [5.41, 5.74) is 3.26. The summed E-state index contributed by atoms with van der Waals surface area (Å²) in [6.07, 6.45) is 4.10. The molecule has 0 saturated carbocycles. The lowest BCUT2D eigenvalue weighted by Gasteiger charge is -2.16. The molecule has 0 aliphatic heterocycles. The Morgan fingerprint density at radius 1 is 1.12 bits per heavy atom. The fraction of sp³-hybridized carbons (Fsp3) is 0.250. The molecule has 0 bridgehead atoms. The van der Waals surface area contributed by atoms with Gasteiger partial charge in [0.2, 0.25) is 11.7 Å². The van der Waals surface area contributed by atoms with E-state index in [9.17, 15) is 13.2 Å². The number of aryl methyl sites for hydroxylation is 1. The molecule has 0 aliphatic rings. The van der Waals surface area contributed by atoms with Gasteiger partial charge in [-0.3, -0.25) is 4.40 Å². The molecular weight excluding hydrogens is 347 g/mol. The third-order valence-electron chi connectivity index (χ3n) is 4.11. The van der Waals surface area contributed by atoms with Crippen LogP contribution in [-0.4, -0.2) is 41.2 Å². The standard InChI is InChI=1S/C16H14F3N7/c1-9-5-21-15-22-6-11(8-25(9)15)12-3-4-26-13(12)7-20-14(24-26)23-10(2)16(17,18)19/h3-8,10H,1-2H3,(H,23,24)/t10-/m1/s1. The van der Waals surface area contributed by atoms with Crippen LogP contribution >= 0.6 is 0 Å². The maximum Gasteiger partial charge on any atom is 0.408 e. The molecule has 7 nitrogen and oxygen atoms in total. The number of halogens is 3. The molecule has 1 atom stereocenters. The van der Waals surface area contributed by atoms with Crippen molar-refractivity contribution in [3.05, 3.63) is 42.7 Å². The van der Waals surface area contributed by atoms with E-state index >= 15 is 0 Å². The second-order valence-corrected chi connectivity index (χ2v) is 5.96. The minimum atomic E-state index is -4.37. The van der Waals surface area contributed by atoms with Crippen molar-refractivity contribution in [2.45, 2.75) is 26.1 Å². The van der Waals surface area contributed by atoms with Crippen LogP contribution in [-0.2, 0) is 0 Å². The first kappa shape index (κ1) is 16.3. The number of rotatable bonds is 3. The summed E-state index contributed by atoms with van der Waals surface area (Å²) in [7, 11) is 0. The van der Waals surface area contributed by atoms with Gasteiger partial charge in [-0.1, -0.05) is 0 Å². The van der Waals surface area contributed by atoms with E-state index in [1.807, 2.05) is 23.6 Å². The second-order valence-electron chi connectivity index (χ2n) is 5.96. The van der Waals surface area contributed by atoms with Crippen LogP contribution in [0.4, 0.5) is 19.1 Å². The van der Waals surface area contributed by atoms with Crippen LogP contribution in [0.5, 0.6) is 0 Å². The molecule has 4 rings (SSSR count). The van der Waals surface area contributed by atoms with Crippen LogP contribution in [0, 0.1) is 6.92 Å². The molecule has 0 aliphatic carbocycles. The number of nitrogens with one attached hydrogen (secondary N) is 1. The summed E-state index contributed by atoms with van der Waals surface area (Å²) in [4.78, 5) is 12.5. The van der Waals surface area contributed by atoms with Crippen LogP contribution in [0.3, 0.4) is 0 Å². The lowest BCUT2D eigenvalue weighted by Crippen LogP contribution is -2.33. The smallest absolute Gasteiger partial charge is 0.341 e. The van der Waals surface area contributed by atoms with E-state index in [-0.39, 0.29) is 5.95 Å². The van der Waals surface area contributed by atoms with E-state index in [2.05, 4.69) is 25.4 Å². The average Bonchev–Trinajstić information content (AvgIpc) is 3.17. The Labute approximate surface area is 145 Å². The molecule has 0 saturated heterocycles. The minimum Gasteiger partial charge on any atom is -0.341 e. The number of alkyl halides is 3. The zero-order valence-corrected chi connectivity index (χ0v) is 13.9. The number of hydrogen-bond acceptors (Lipinski definition) is 5. The van der Waals surface area contributed by atoms with Gasteiger partial charge in [0, 0.05) is 35.4 Å². The van der Waals surface area contributed by atoms with Crippen molar-refractivity contribution in [2.24, 2.45) is 0 Å². The monoisotopic (exact) mass is 361 g/mol. The van der Waals surface area contributed by atoms with Crippen molar-refractivity contribution >= 4 is 17.2 Å². The van der Waals surface area contributed by atoms with E-state index in [1.165, 1.54) is 10.7 Å². The molecule has 134 valence electrons. The van der Waals surface area contributed by atoms with Gasteiger partial charge < -0.3 is 5.32 Å². The zero-order valence-electron chi connectivity index (χ0n) is 13.9. The molecule has 26 heavy (non-hydrogen) atoms. The zero-order chi connectivity index (χ0) is 18.5. The first-order chi connectivity index (χ1) is 12.3. The van der Waals surface area contributed by atoms with E-state index in [0.717, 1.165) is 23.7 Å². The van der Waals surface area contributed by atoms with Gasteiger partial charge in [0.25, 0.3) is 0 Å². The normalized spacial score (nSPS) is 13.4. The van der Waals surface area contributed by atoms with Crippen LogP contribution in [0.15, 0.2) is 37.1 Å². The van der Waals surface area contributed by atoms with Crippen molar-refractivity contribution in [3.8, 4) is 11.1 Å². The van der Waals surface area contributed by atoms with Gasteiger partial charge in [-0.15, -0.1) is 5.10 Å². The van der Waals surface area contributed by atoms with E-state index in [1.54, 1.807) is 18.6 Å². The predicted molar refractivity (Wildman–Crippen MR) is 88.8 cm³/mol. The highest BCUT2D eigenvalue weighted by molar-refractivity contribution is 5.79. The number of aromatic nitrogens is 6. The Hall–Kier alpha value is -3.17. The molecule has 0 spiro atoms. The van der Waals surface area contributed by atoms with Gasteiger partial charge in [-0.25, -0.2) is 19.5 Å². The van der Waals surface area contributed by atoms with Crippen LogP contribution in [0.1, 0.15) is 12.6 Å². The molecule has 4 aromatic rings. The molecule has 0 unspecified atom stereocenters. The maximum absolute atomic E-state index is 12.7. The van der Waals surface area contributed by atoms with E-state index < -0.39 is 12.2 Å². The first-order valence-corrected chi connectivity index (χ1v) is 7.80. The largest absolute Gasteiger partial charge is 0.408 e. The Morgan fingerprint density at radius 3 is 2.65 bits per heavy atom. The van der Waals surface area contributed by atoms with Crippen LogP contribution in [0.2, 0.25) is 0 Å². The molecule has 0 amide bonds. The highest BCUT2D eigenvalue weighted by Crippen LogP contribution is 2.26. The number of hydrogen-bond donors (Lipinski definition) is 1. The molecule has 0 aromatic carbocycles. The summed E-state index contributed by atoms with van der Waals surface area (Å²) in [6, 6.07) is 0.0709. The molecule has 4 aromatic heterocycles. The number of imidazole rings is 1. The van der Waals surface area contributed by atoms with Gasteiger partial charge in [-0.2, -0.15) is 13.2 Å². The SMILES string of the molecule is Cc1cnc2ncc(-c3ccn4nc(N[C@H](C)C(F)(F)F)ncc34)cn12. The quantitative estimate of drug-likeness (QED) is 0.607. The van der Waals surface area contributed by atoms with Crippen molar-refractivity contribution in [3.63, 3.8) is 0 Å². The lowest BCUT2D eigenvalue weighted by molar-refractivity contribution is -0.138. The second kappa shape index (κ2) is 5.68. The topological polar surface area (TPSA) is 72.4 Å². The van der Waals surface area contributed by atoms with Gasteiger partial charge in [0.15, 0.2) is 0 Å². The third kappa shape index (κ3) is 2.72. The number of anilines is 1. The summed E-state index contributed by atoms with van der Waals surface area (Å²) in [5, 5.41) is 6.36. The molecule has 4 heterocycles. The first-order valence-electron chi connectivity index (χ1n) is 7.80. The minimum absolute atomic E-state index is 0.0940. The molecule has 0 radical (unpaired) electrons. The highest BCUT2D eigenvalue weighted by Gasteiger charge is 2.36. The van der Waals surface area contributed by atoms with Gasteiger partial charge in [0.1, 0.15) is 6.04 Å². The van der Waals surface area contributed by atoms with Crippen molar-refractivity contribution in [1.29, 1.82) is 0 Å². The maximum atomic E-state index is 12.7. The Bertz CT molecular complexity index is 1100. The summed E-state index contributed by atoms with van der Waals surface area (Å²) < 4.78 is 41.4. The highest BCUT2D eigenvalue weighted by atomic mass is 19.4. The lowest BCUT2D eigenvalue weighted by atomic mass is 10.1. The average molecular weight is 361 g/mol. The summed E-state index contributed by atoms with van der Waals surface area (Å²) >= 11 is 0. The Kier molecular flexibility index (Phi) is 3.56. The van der Waals surface area contributed by atoms with Crippen molar-refractivity contribution in [1.82, 2.24) is 29.0 Å². The van der Waals surface area contributed by atoms with Crippen LogP contribution < -0.4 is 5.32 Å². The van der Waals surface area contributed by atoms with Gasteiger partial charge in [0.05, 0.1) is 17.9 Å². The van der Waals surface area contributed by atoms with Crippen molar-refractivity contribution < 1.29 is 13.2 Å². The summed E-state index contributed by atoms with van der Waals surface area (Å²) in [5.74, 6) is 0.502. The van der Waals surface area contributed by atoms with Gasteiger partial charge in [-0.05, 0) is 19.9 Å². The molecule has 1 N–H and O–H groups in total. The molecule has 10 heteroatoms. The van der Waals surface area contributed by atoms with Crippen LogP contribution in [0.25, 0.3) is 22.4 Å². The number of nitrogens with zero attached hydrogens (tertiary/aromatic N) is 6. The van der Waals surface area contributed by atoms with Gasteiger partial charge >= 0.3 is 6.18 Å². The summed E-state index contributed by atoms with van der Waals surface area (Å²) in [6.45, 7) is 2.94. The fourth-order valence-corrected chi connectivity index (χ4v) is 2.61.